The van der Waals surface area contributed by atoms with Crippen molar-refractivity contribution in [1.82, 2.24) is 14.8 Å². The van der Waals surface area contributed by atoms with Gasteiger partial charge in [-0.2, -0.15) is 5.10 Å². The first-order valence-electron chi connectivity index (χ1n) is 4.84. The summed E-state index contributed by atoms with van der Waals surface area (Å²) in [6.07, 6.45) is 3.27. The molecule has 0 spiro atoms. The largest absolute Gasteiger partial charge is 0.378 e. The second kappa shape index (κ2) is 4.13. The van der Waals surface area contributed by atoms with E-state index in [2.05, 4.69) is 39.2 Å². The Morgan fingerprint density at radius 3 is 2.47 bits per heavy atom. The van der Waals surface area contributed by atoms with E-state index in [-0.39, 0.29) is 0 Å². The van der Waals surface area contributed by atoms with Crippen molar-refractivity contribution in [2.24, 2.45) is 0 Å². The quantitative estimate of drug-likeness (QED) is 0.754. The lowest BCUT2D eigenvalue weighted by Gasteiger charge is -2.12. The third-order valence-electron chi connectivity index (χ3n) is 2.26. The molecule has 1 aromatic carbocycles. The minimum atomic E-state index is 0.772. The Balaban J connectivity index is 2.11. The Morgan fingerprint density at radius 2 is 1.93 bits per heavy atom. The van der Waals surface area contributed by atoms with Crippen LogP contribution in [-0.2, 0) is 6.54 Å². The van der Waals surface area contributed by atoms with Crippen molar-refractivity contribution in [2.45, 2.75) is 6.54 Å². The fourth-order valence-corrected chi connectivity index (χ4v) is 1.40. The normalized spacial score (nSPS) is 10.3. The summed E-state index contributed by atoms with van der Waals surface area (Å²) in [6, 6.07) is 8.42. The minimum Gasteiger partial charge on any atom is -0.378 e. The maximum Gasteiger partial charge on any atom is 0.137 e. The van der Waals surface area contributed by atoms with Crippen molar-refractivity contribution < 1.29 is 0 Å². The van der Waals surface area contributed by atoms with Crippen LogP contribution in [0.4, 0.5) is 5.69 Å². The maximum atomic E-state index is 4.06. The van der Waals surface area contributed by atoms with Gasteiger partial charge in [-0.15, -0.1) is 0 Å². The van der Waals surface area contributed by atoms with E-state index in [1.165, 1.54) is 11.3 Å². The highest BCUT2D eigenvalue weighted by molar-refractivity contribution is 5.45. The number of anilines is 1. The molecule has 0 bridgehead atoms. The fourth-order valence-electron chi connectivity index (χ4n) is 1.40. The zero-order valence-electron chi connectivity index (χ0n) is 8.96. The summed E-state index contributed by atoms with van der Waals surface area (Å²) in [7, 11) is 4.07. The van der Waals surface area contributed by atoms with Crippen LogP contribution in [0.15, 0.2) is 36.9 Å². The van der Waals surface area contributed by atoms with Gasteiger partial charge in [0.2, 0.25) is 0 Å². The molecule has 2 rings (SSSR count). The molecule has 0 saturated heterocycles. The molecule has 0 saturated carbocycles. The first-order chi connectivity index (χ1) is 7.25. The topological polar surface area (TPSA) is 34.0 Å². The zero-order chi connectivity index (χ0) is 10.7. The number of benzene rings is 1. The van der Waals surface area contributed by atoms with Crippen LogP contribution in [0, 0.1) is 0 Å². The summed E-state index contributed by atoms with van der Waals surface area (Å²) in [5, 5.41) is 4.06. The van der Waals surface area contributed by atoms with Gasteiger partial charge < -0.3 is 4.90 Å². The molecule has 1 heterocycles. The summed E-state index contributed by atoms with van der Waals surface area (Å²) in [5.74, 6) is 0. The predicted octanol–water partition coefficient (Wildman–Crippen LogP) is 1.39. The van der Waals surface area contributed by atoms with Gasteiger partial charge in [0, 0.05) is 19.8 Å². The van der Waals surface area contributed by atoms with Crippen LogP contribution in [0.5, 0.6) is 0 Å². The van der Waals surface area contributed by atoms with E-state index in [0.717, 1.165) is 6.54 Å². The predicted molar refractivity (Wildman–Crippen MR) is 59.9 cm³/mol. The van der Waals surface area contributed by atoms with Crippen molar-refractivity contribution >= 4 is 5.69 Å². The molecular formula is C11H14N4. The molecule has 0 radical (unpaired) electrons. The molecule has 78 valence electrons. The number of nitrogens with zero attached hydrogens (tertiary/aromatic N) is 4. The molecule has 4 nitrogen and oxygen atoms in total. The Bertz CT molecular complexity index is 403. The highest BCUT2D eigenvalue weighted by atomic mass is 15.3. The first-order valence-corrected chi connectivity index (χ1v) is 4.84. The summed E-state index contributed by atoms with van der Waals surface area (Å²) < 4.78 is 1.81. The van der Waals surface area contributed by atoms with Crippen molar-refractivity contribution in [1.29, 1.82) is 0 Å². The number of rotatable bonds is 3. The second-order valence-electron chi connectivity index (χ2n) is 3.65. The first kappa shape index (κ1) is 9.71. The summed E-state index contributed by atoms with van der Waals surface area (Å²) in [6.45, 7) is 0.772. The molecule has 0 aliphatic heterocycles. The number of hydrogen-bond donors (Lipinski definition) is 0. The standard InChI is InChI=1S/C11H14N4/c1-14(2)11-5-3-10(4-6-11)7-15-9-12-8-13-15/h3-6,8-9H,7H2,1-2H3. The van der Waals surface area contributed by atoms with Crippen LogP contribution in [0.3, 0.4) is 0 Å². The molecule has 0 aliphatic rings. The molecule has 0 atom stereocenters. The van der Waals surface area contributed by atoms with Crippen LogP contribution < -0.4 is 4.90 Å². The van der Waals surface area contributed by atoms with Crippen LogP contribution in [-0.4, -0.2) is 28.9 Å². The highest BCUT2D eigenvalue weighted by Gasteiger charge is 1.97. The molecule has 0 fully saturated rings. The summed E-state index contributed by atoms with van der Waals surface area (Å²) >= 11 is 0. The molecule has 0 unspecified atom stereocenters. The third-order valence-corrected chi connectivity index (χ3v) is 2.26. The van der Waals surface area contributed by atoms with Gasteiger partial charge in [-0.1, -0.05) is 12.1 Å². The number of hydrogen-bond acceptors (Lipinski definition) is 3. The lowest BCUT2D eigenvalue weighted by Crippen LogP contribution is -2.08. The average Bonchev–Trinajstić information content (AvgIpc) is 2.71. The van der Waals surface area contributed by atoms with E-state index >= 15 is 0 Å². The van der Waals surface area contributed by atoms with E-state index < -0.39 is 0 Å². The molecule has 4 heteroatoms. The smallest absolute Gasteiger partial charge is 0.137 e. The van der Waals surface area contributed by atoms with Crippen LogP contribution >= 0.6 is 0 Å². The van der Waals surface area contributed by atoms with Gasteiger partial charge in [-0.05, 0) is 17.7 Å². The fraction of sp³-hybridized carbons (Fsp3) is 0.273. The van der Waals surface area contributed by atoms with E-state index in [1.54, 1.807) is 12.7 Å². The SMILES string of the molecule is CN(C)c1ccc(Cn2cncn2)cc1. The Morgan fingerprint density at radius 1 is 1.20 bits per heavy atom. The van der Waals surface area contributed by atoms with E-state index in [4.69, 9.17) is 0 Å². The molecule has 2 aromatic rings. The average molecular weight is 202 g/mol. The van der Waals surface area contributed by atoms with Gasteiger partial charge in [0.25, 0.3) is 0 Å². The van der Waals surface area contributed by atoms with Crippen LogP contribution in [0.25, 0.3) is 0 Å². The molecule has 1 aromatic heterocycles. The highest BCUT2D eigenvalue weighted by Crippen LogP contribution is 2.12. The minimum absolute atomic E-state index is 0.772. The van der Waals surface area contributed by atoms with Gasteiger partial charge >= 0.3 is 0 Å². The summed E-state index contributed by atoms with van der Waals surface area (Å²) in [5.41, 5.74) is 2.43. The van der Waals surface area contributed by atoms with Gasteiger partial charge in [0.1, 0.15) is 12.7 Å². The molecule has 0 amide bonds. The molecule has 0 N–H and O–H groups in total. The van der Waals surface area contributed by atoms with Gasteiger partial charge in [-0.25, -0.2) is 9.67 Å². The van der Waals surface area contributed by atoms with Gasteiger partial charge in [0.05, 0.1) is 6.54 Å². The maximum absolute atomic E-state index is 4.06. The molecular weight excluding hydrogens is 188 g/mol. The van der Waals surface area contributed by atoms with Crippen molar-refractivity contribution in [3.63, 3.8) is 0 Å². The van der Waals surface area contributed by atoms with E-state index in [0.29, 0.717) is 0 Å². The Labute approximate surface area is 89.2 Å². The third kappa shape index (κ3) is 2.34. The number of aromatic nitrogens is 3. The van der Waals surface area contributed by atoms with Crippen molar-refractivity contribution in [3.8, 4) is 0 Å². The van der Waals surface area contributed by atoms with E-state index in [9.17, 15) is 0 Å². The van der Waals surface area contributed by atoms with Gasteiger partial charge in [-0.3, -0.25) is 0 Å². The van der Waals surface area contributed by atoms with Crippen molar-refractivity contribution in [2.75, 3.05) is 19.0 Å². The van der Waals surface area contributed by atoms with Crippen LogP contribution in [0.1, 0.15) is 5.56 Å². The van der Waals surface area contributed by atoms with E-state index in [1.807, 2.05) is 18.8 Å². The Hall–Kier alpha value is -1.84. The second-order valence-corrected chi connectivity index (χ2v) is 3.65. The monoisotopic (exact) mass is 202 g/mol. The Kier molecular flexibility index (Phi) is 2.67. The lowest BCUT2D eigenvalue weighted by molar-refractivity contribution is 0.685. The summed E-state index contributed by atoms with van der Waals surface area (Å²) in [4.78, 5) is 5.99. The van der Waals surface area contributed by atoms with Crippen molar-refractivity contribution in [3.05, 3.63) is 42.5 Å². The van der Waals surface area contributed by atoms with Gasteiger partial charge in [0.15, 0.2) is 0 Å². The molecule has 15 heavy (non-hydrogen) atoms. The zero-order valence-corrected chi connectivity index (χ0v) is 8.96. The van der Waals surface area contributed by atoms with Crippen LogP contribution in [0.2, 0.25) is 0 Å². The lowest BCUT2D eigenvalue weighted by atomic mass is 10.2. The molecule has 0 aliphatic carbocycles.